The van der Waals surface area contributed by atoms with Crippen LogP contribution in [0.2, 0.25) is 0 Å². The van der Waals surface area contributed by atoms with E-state index in [2.05, 4.69) is 34.2 Å². The van der Waals surface area contributed by atoms with E-state index in [4.69, 9.17) is 0 Å². The number of benzene rings is 1. The monoisotopic (exact) mass is 193 g/mol. The third-order valence-corrected chi connectivity index (χ3v) is 2.43. The van der Waals surface area contributed by atoms with Crippen LogP contribution in [0.3, 0.4) is 0 Å². The minimum atomic E-state index is 0.884. The molecule has 0 aliphatic rings. The molecule has 0 saturated carbocycles. The summed E-state index contributed by atoms with van der Waals surface area (Å²) in [4.78, 5) is 7.36. The number of rotatable bonds is 1. The average Bonchev–Trinajstić information content (AvgIpc) is 2.77. The highest BCUT2D eigenvalue weighted by Gasteiger charge is 2.00. The summed E-state index contributed by atoms with van der Waals surface area (Å²) in [6, 6.07) is 15.4. The summed E-state index contributed by atoms with van der Waals surface area (Å²) in [5.74, 6) is 0. The molecule has 71 valence electrons. The maximum absolute atomic E-state index is 4.33. The molecular formula is C13H9N2. The maximum atomic E-state index is 4.33. The molecule has 2 nitrogen and oxygen atoms in total. The first kappa shape index (κ1) is 8.24. The number of H-pyrrole nitrogens is 1. The predicted octanol–water partition coefficient (Wildman–Crippen LogP) is 3.03. The molecule has 0 amide bonds. The Morgan fingerprint density at radius 3 is 2.80 bits per heavy atom. The molecule has 0 unspecified atom stereocenters. The Labute approximate surface area is 87.6 Å². The number of aromatic nitrogens is 2. The highest BCUT2D eigenvalue weighted by atomic mass is 14.8. The lowest BCUT2D eigenvalue weighted by Crippen LogP contribution is -1.80. The van der Waals surface area contributed by atoms with Crippen molar-refractivity contribution in [3.63, 3.8) is 0 Å². The van der Waals surface area contributed by atoms with E-state index in [9.17, 15) is 0 Å². The molecule has 3 rings (SSSR count). The molecule has 0 bridgehead atoms. The Hall–Kier alpha value is -2.09. The molecule has 0 aliphatic carbocycles. The van der Waals surface area contributed by atoms with E-state index in [0.717, 1.165) is 16.6 Å². The van der Waals surface area contributed by atoms with Gasteiger partial charge in [-0.25, -0.2) is 4.98 Å². The molecule has 0 aliphatic heterocycles. The minimum Gasteiger partial charge on any atom is -0.346 e. The lowest BCUT2D eigenvalue weighted by Gasteiger charge is -2.00. The van der Waals surface area contributed by atoms with Gasteiger partial charge in [-0.3, -0.25) is 0 Å². The van der Waals surface area contributed by atoms with Crippen molar-refractivity contribution < 1.29 is 0 Å². The summed E-state index contributed by atoms with van der Waals surface area (Å²) in [6.45, 7) is 0. The lowest BCUT2D eigenvalue weighted by atomic mass is 10.1. The van der Waals surface area contributed by atoms with Crippen LogP contribution in [0.1, 0.15) is 0 Å². The second kappa shape index (κ2) is 3.24. The summed E-state index contributed by atoms with van der Waals surface area (Å²) in [5, 5.41) is 1.02. The Kier molecular flexibility index (Phi) is 1.78. The molecule has 0 atom stereocenters. The smallest absolute Gasteiger partial charge is 0.137 e. The van der Waals surface area contributed by atoms with Crippen LogP contribution in [0.25, 0.3) is 22.2 Å². The summed E-state index contributed by atoms with van der Waals surface area (Å²) in [5.41, 5.74) is 3.19. The molecule has 3 aromatic rings. The Morgan fingerprint density at radius 2 is 1.93 bits per heavy atom. The molecular weight excluding hydrogens is 184 g/mol. The van der Waals surface area contributed by atoms with Crippen molar-refractivity contribution >= 4 is 11.0 Å². The van der Waals surface area contributed by atoms with Gasteiger partial charge in [0.15, 0.2) is 0 Å². The van der Waals surface area contributed by atoms with E-state index < -0.39 is 0 Å². The normalized spacial score (nSPS) is 10.7. The molecule has 1 aromatic carbocycles. The second-order valence-electron chi connectivity index (χ2n) is 3.42. The summed E-state index contributed by atoms with van der Waals surface area (Å²) >= 11 is 0. The van der Waals surface area contributed by atoms with E-state index in [-0.39, 0.29) is 0 Å². The van der Waals surface area contributed by atoms with Gasteiger partial charge >= 0.3 is 0 Å². The molecule has 2 heterocycles. The average molecular weight is 193 g/mol. The van der Waals surface area contributed by atoms with Crippen molar-refractivity contribution in [2.45, 2.75) is 0 Å². The van der Waals surface area contributed by atoms with Crippen molar-refractivity contribution in [3.8, 4) is 11.1 Å². The van der Waals surface area contributed by atoms with Crippen molar-refractivity contribution in [2.75, 3.05) is 0 Å². The quantitative estimate of drug-likeness (QED) is 0.632. The molecule has 0 spiro atoms. The first-order valence-corrected chi connectivity index (χ1v) is 4.84. The number of aromatic amines is 1. The van der Waals surface area contributed by atoms with Gasteiger partial charge in [-0.1, -0.05) is 30.3 Å². The van der Waals surface area contributed by atoms with E-state index in [1.165, 1.54) is 5.56 Å². The van der Waals surface area contributed by atoms with Gasteiger partial charge in [-0.05, 0) is 11.6 Å². The molecule has 1 N–H and O–H groups in total. The number of hydrogen-bond donors (Lipinski definition) is 1. The van der Waals surface area contributed by atoms with Crippen LogP contribution in [0, 0.1) is 6.07 Å². The molecule has 15 heavy (non-hydrogen) atoms. The third kappa shape index (κ3) is 1.40. The van der Waals surface area contributed by atoms with E-state index in [0.29, 0.717) is 0 Å². The zero-order valence-electron chi connectivity index (χ0n) is 8.07. The van der Waals surface area contributed by atoms with Crippen LogP contribution in [-0.4, -0.2) is 9.97 Å². The number of hydrogen-bond acceptors (Lipinski definition) is 1. The molecule has 2 aromatic heterocycles. The van der Waals surface area contributed by atoms with Crippen molar-refractivity contribution in [2.24, 2.45) is 0 Å². The van der Waals surface area contributed by atoms with Crippen LogP contribution < -0.4 is 0 Å². The fourth-order valence-corrected chi connectivity index (χ4v) is 1.66. The number of pyridine rings is 1. The van der Waals surface area contributed by atoms with E-state index in [1.54, 1.807) is 6.20 Å². The summed E-state index contributed by atoms with van der Waals surface area (Å²) in [6.07, 6.45) is 3.66. The SMILES string of the molecule is [c]1c[nH]c2ncc(-c3ccccc3)cc12. The molecule has 0 saturated heterocycles. The zero-order valence-corrected chi connectivity index (χ0v) is 8.07. The molecule has 2 heteroatoms. The fraction of sp³-hybridized carbons (Fsp3) is 0. The van der Waals surface area contributed by atoms with Crippen molar-refractivity contribution in [3.05, 3.63) is 54.9 Å². The van der Waals surface area contributed by atoms with Crippen LogP contribution in [0.15, 0.2) is 48.8 Å². The molecule has 1 radical (unpaired) electrons. The minimum absolute atomic E-state index is 0.884. The number of nitrogens with zero attached hydrogens (tertiary/aromatic N) is 1. The largest absolute Gasteiger partial charge is 0.346 e. The predicted molar refractivity (Wildman–Crippen MR) is 60.4 cm³/mol. The van der Waals surface area contributed by atoms with E-state index in [1.807, 2.05) is 24.4 Å². The first-order valence-electron chi connectivity index (χ1n) is 4.84. The van der Waals surface area contributed by atoms with Crippen molar-refractivity contribution in [1.29, 1.82) is 0 Å². The lowest BCUT2D eigenvalue weighted by molar-refractivity contribution is 1.32. The topological polar surface area (TPSA) is 28.7 Å². The number of fused-ring (bicyclic) bond motifs is 1. The number of nitrogens with one attached hydrogen (secondary N) is 1. The first-order chi connectivity index (χ1) is 7.43. The van der Waals surface area contributed by atoms with Gasteiger partial charge in [-0.15, -0.1) is 0 Å². The summed E-state index contributed by atoms with van der Waals surface area (Å²) in [7, 11) is 0. The van der Waals surface area contributed by atoms with Gasteiger partial charge in [0.1, 0.15) is 5.65 Å². The van der Waals surface area contributed by atoms with Crippen LogP contribution in [0.5, 0.6) is 0 Å². The Balaban J connectivity index is 2.19. The van der Waals surface area contributed by atoms with Crippen LogP contribution >= 0.6 is 0 Å². The fourth-order valence-electron chi connectivity index (χ4n) is 1.66. The highest BCUT2D eigenvalue weighted by molar-refractivity contribution is 5.80. The van der Waals surface area contributed by atoms with Gasteiger partial charge in [0.05, 0.1) is 0 Å². The van der Waals surface area contributed by atoms with E-state index >= 15 is 0 Å². The van der Waals surface area contributed by atoms with Crippen molar-refractivity contribution in [1.82, 2.24) is 9.97 Å². The van der Waals surface area contributed by atoms with Crippen LogP contribution in [-0.2, 0) is 0 Å². The van der Waals surface area contributed by atoms with Gasteiger partial charge in [-0.2, -0.15) is 0 Å². The third-order valence-electron chi connectivity index (χ3n) is 2.43. The van der Waals surface area contributed by atoms with Crippen LogP contribution in [0.4, 0.5) is 0 Å². The zero-order chi connectivity index (χ0) is 10.1. The van der Waals surface area contributed by atoms with Gasteiger partial charge in [0.2, 0.25) is 0 Å². The van der Waals surface area contributed by atoms with Gasteiger partial charge in [0, 0.05) is 29.4 Å². The standard InChI is InChI=1S/C13H9N2/c1-2-4-10(5-3-1)12-8-11-6-7-14-13(11)15-9-12/h1-5,7-9H,(H,14,15). The van der Waals surface area contributed by atoms with Gasteiger partial charge < -0.3 is 4.98 Å². The Bertz CT molecular complexity index is 582. The summed E-state index contributed by atoms with van der Waals surface area (Å²) < 4.78 is 0. The molecule has 0 fully saturated rings. The second-order valence-corrected chi connectivity index (χ2v) is 3.42. The maximum Gasteiger partial charge on any atom is 0.137 e. The Morgan fingerprint density at radius 1 is 1.07 bits per heavy atom. The highest BCUT2D eigenvalue weighted by Crippen LogP contribution is 2.21. The van der Waals surface area contributed by atoms with Gasteiger partial charge in [0.25, 0.3) is 0 Å².